The summed E-state index contributed by atoms with van der Waals surface area (Å²) in [5.74, 6) is -0.580. The lowest BCUT2D eigenvalue weighted by Crippen LogP contribution is -2.38. The average Bonchev–Trinajstić information content (AvgIpc) is 3.47. The Kier molecular flexibility index (Phi) is 7.49. The predicted octanol–water partition coefficient (Wildman–Crippen LogP) is 3.89. The van der Waals surface area contributed by atoms with Gasteiger partial charge >= 0.3 is 5.97 Å². The van der Waals surface area contributed by atoms with Crippen molar-refractivity contribution < 1.29 is 27.9 Å². The quantitative estimate of drug-likeness (QED) is 0.425. The zero-order valence-corrected chi connectivity index (χ0v) is 19.6. The number of thioether (sulfide) groups is 1. The molecule has 34 heavy (non-hydrogen) atoms. The molecule has 10 heteroatoms. The van der Waals surface area contributed by atoms with Crippen molar-refractivity contribution in [1.82, 2.24) is 10.2 Å². The molecule has 3 heterocycles. The van der Waals surface area contributed by atoms with Gasteiger partial charge in [-0.3, -0.25) is 4.79 Å². The highest BCUT2D eigenvalue weighted by molar-refractivity contribution is 8.16. The van der Waals surface area contributed by atoms with Crippen LogP contribution in [0.2, 0.25) is 0 Å². The van der Waals surface area contributed by atoms with Crippen molar-refractivity contribution in [1.29, 1.82) is 0 Å². The van der Waals surface area contributed by atoms with Crippen molar-refractivity contribution in [2.45, 2.75) is 25.9 Å². The Bertz CT molecular complexity index is 1160. The monoisotopic (exact) mass is 485 g/mol. The number of amidine groups is 1. The number of carbonyl (C=O) groups excluding carboxylic acids is 2. The second kappa shape index (κ2) is 10.7. The average molecular weight is 486 g/mol. The first kappa shape index (κ1) is 23.8. The molecular formula is C24H24FN3O5S. The number of allylic oxidation sites excluding steroid dienone is 1. The van der Waals surface area contributed by atoms with Gasteiger partial charge in [-0.15, -0.1) is 0 Å². The zero-order valence-electron chi connectivity index (χ0n) is 18.7. The van der Waals surface area contributed by atoms with Gasteiger partial charge in [-0.25, -0.2) is 14.2 Å². The lowest BCUT2D eigenvalue weighted by atomic mass is 9.93. The molecule has 1 amide bonds. The van der Waals surface area contributed by atoms with Crippen LogP contribution in [0.1, 0.15) is 30.7 Å². The van der Waals surface area contributed by atoms with Crippen LogP contribution < -0.4 is 5.32 Å². The molecule has 1 unspecified atom stereocenters. The summed E-state index contributed by atoms with van der Waals surface area (Å²) in [7, 11) is 1.51. The minimum absolute atomic E-state index is 0.0452. The Hall–Kier alpha value is -3.37. The summed E-state index contributed by atoms with van der Waals surface area (Å²) in [5.41, 5.74) is 1.96. The number of hydrogen-bond acceptors (Lipinski definition) is 8. The van der Waals surface area contributed by atoms with E-state index in [0.29, 0.717) is 27.9 Å². The molecule has 178 valence electrons. The SMILES string of the molecule is COCCOC(=O)C1=C(C)N=C2SC=C(CC(=O)NCc3ccco3)N2C1c1cccc(F)c1. The maximum atomic E-state index is 14.2. The van der Waals surface area contributed by atoms with E-state index in [2.05, 4.69) is 10.3 Å². The highest BCUT2D eigenvalue weighted by atomic mass is 32.2. The fraction of sp³-hybridized carbons (Fsp3) is 0.292. The Morgan fingerprint density at radius 1 is 1.26 bits per heavy atom. The number of rotatable bonds is 9. The molecule has 1 aromatic heterocycles. The molecule has 0 fully saturated rings. The van der Waals surface area contributed by atoms with Crippen LogP contribution in [0.5, 0.6) is 0 Å². The van der Waals surface area contributed by atoms with Crippen LogP contribution >= 0.6 is 11.8 Å². The molecule has 0 bridgehead atoms. The number of aliphatic imine (C=N–C) groups is 1. The molecule has 2 aromatic rings. The maximum Gasteiger partial charge on any atom is 0.338 e. The van der Waals surface area contributed by atoms with Crippen molar-refractivity contribution in [2.75, 3.05) is 20.3 Å². The number of methoxy groups -OCH3 is 1. The number of amides is 1. The Morgan fingerprint density at radius 3 is 2.85 bits per heavy atom. The molecule has 2 aliphatic heterocycles. The first-order valence-corrected chi connectivity index (χ1v) is 11.5. The first-order valence-electron chi connectivity index (χ1n) is 10.6. The van der Waals surface area contributed by atoms with Gasteiger partial charge in [0.05, 0.1) is 43.1 Å². The highest BCUT2D eigenvalue weighted by Gasteiger charge is 2.41. The molecule has 0 spiro atoms. The highest BCUT2D eigenvalue weighted by Crippen LogP contribution is 2.44. The number of fused-ring (bicyclic) bond motifs is 1. The van der Waals surface area contributed by atoms with Gasteiger partial charge in [0.1, 0.15) is 18.2 Å². The number of halogens is 1. The van der Waals surface area contributed by atoms with Crippen molar-refractivity contribution in [3.63, 3.8) is 0 Å². The summed E-state index contributed by atoms with van der Waals surface area (Å²) in [6.45, 7) is 2.30. The number of furan rings is 1. The normalized spacial score (nSPS) is 17.3. The van der Waals surface area contributed by atoms with Gasteiger partial charge in [0, 0.05) is 12.8 Å². The third kappa shape index (κ3) is 5.23. The number of benzene rings is 1. The number of nitrogens with zero attached hydrogens (tertiary/aromatic N) is 2. The number of nitrogens with one attached hydrogen (secondary N) is 1. The van der Waals surface area contributed by atoms with E-state index in [1.165, 1.54) is 31.0 Å². The lowest BCUT2D eigenvalue weighted by molar-refractivity contribution is -0.141. The summed E-state index contributed by atoms with van der Waals surface area (Å²) in [4.78, 5) is 32.1. The number of hydrogen-bond donors (Lipinski definition) is 1. The van der Waals surface area contributed by atoms with Crippen molar-refractivity contribution in [3.05, 3.63) is 82.2 Å². The standard InChI is InChI=1S/C24H24FN3O5S/c1-15-21(23(30)33-10-9-31-2)22(16-5-3-6-17(25)11-16)28-18(14-34-24(28)27-15)12-20(29)26-13-19-7-4-8-32-19/h3-8,11,14,22H,9-10,12-13H2,1-2H3,(H,26,29). The number of esters is 1. The van der Waals surface area contributed by atoms with E-state index >= 15 is 0 Å². The molecular weight excluding hydrogens is 461 g/mol. The van der Waals surface area contributed by atoms with E-state index in [0.717, 1.165) is 0 Å². The summed E-state index contributed by atoms with van der Waals surface area (Å²) in [6.07, 6.45) is 1.59. The van der Waals surface area contributed by atoms with Crippen molar-refractivity contribution >= 4 is 28.8 Å². The van der Waals surface area contributed by atoms with E-state index in [4.69, 9.17) is 13.9 Å². The van der Waals surface area contributed by atoms with Gasteiger partial charge < -0.3 is 24.1 Å². The summed E-state index contributed by atoms with van der Waals surface area (Å²) in [6, 6.07) is 8.87. The largest absolute Gasteiger partial charge is 0.467 e. The van der Waals surface area contributed by atoms with Gasteiger partial charge in [-0.1, -0.05) is 23.9 Å². The van der Waals surface area contributed by atoms with Gasteiger partial charge in [0.25, 0.3) is 0 Å². The summed E-state index contributed by atoms with van der Waals surface area (Å²) < 4.78 is 29.8. The molecule has 2 aliphatic rings. The molecule has 0 saturated heterocycles. The van der Waals surface area contributed by atoms with Crippen molar-refractivity contribution in [2.24, 2.45) is 4.99 Å². The lowest BCUT2D eigenvalue weighted by Gasteiger charge is -2.36. The first-order chi connectivity index (χ1) is 16.5. The molecule has 1 atom stereocenters. The molecule has 0 saturated carbocycles. The van der Waals surface area contributed by atoms with E-state index < -0.39 is 17.8 Å². The Balaban J connectivity index is 1.61. The van der Waals surface area contributed by atoms with E-state index in [1.807, 2.05) is 5.41 Å². The Labute approximate surface area is 200 Å². The topological polar surface area (TPSA) is 93.4 Å². The second-order valence-electron chi connectivity index (χ2n) is 7.61. The van der Waals surface area contributed by atoms with Crippen LogP contribution in [0.4, 0.5) is 4.39 Å². The third-order valence-corrected chi connectivity index (χ3v) is 6.18. The fourth-order valence-electron chi connectivity index (χ4n) is 3.74. The van der Waals surface area contributed by atoms with Crippen LogP contribution in [-0.4, -0.2) is 42.3 Å². The van der Waals surface area contributed by atoms with Crippen LogP contribution in [0, 0.1) is 5.82 Å². The smallest absolute Gasteiger partial charge is 0.338 e. The van der Waals surface area contributed by atoms with E-state index in [1.54, 1.807) is 42.4 Å². The minimum Gasteiger partial charge on any atom is -0.467 e. The minimum atomic E-state index is -0.697. The third-order valence-electron chi connectivity index (χ3n) is 5.29. The molecule has 4 rings (SSSR count). The maximum absolute atomic E-state index is 14.2. The Morgan fingerprint density at radius 2 is 2.12 bits per heavy atom. The van der Waals surface area contributed by atoms with Gasteiger partial charge in [-0.2, -0.15) is 0 Å². The molecule has 1 N–H and O–H groups in total. The van der Waals surface area contributed by atoms with Crippen LogP contribution in [0.15, 0.2) is 74.4 Å². The van der Waals surface area contributed by atoms with E-state index in [-0.39, 0.29) is 37.7 Å². The fourth-order valence-corrected chi connectivity index (χ4v) is 4.71. The van der Waals surface area contributed by atoms with Crippen LogP contribution in [-0.2, 0) is 25.6 Å². The molecule has 8 nitrogen and oxygen atoms in total. The predicted molar refractivity (Wildman–Crippen MR) is 125 cm³/mol. The second-order valence-corrected chi connectivity index (χ2v) is 8.45. The van der Waals surface area contributed by atoms with E-state index in [9.17, 15) is 14.0 Å². The number of carbonyl (C=O) groups is 2. The summed E-state index contributed by atoms with van der Waals surface area (Å²) in [5, 5.41) is 5.25. The molecule has 0 aliphatic carbocycles. The van der Waals surface area contributed by atoms with Crippen molar-refractivity contribution in [3.8, 4) is 0 Å². The molecule has 0 radical (unpaired) electrons. The van der Waals surface area contributed by atoms with Crippen LogP contribution in [0.25, 0.3) is 0 Å². The number of ether oxygens (including phenoxy) is 2. The zero-order chi connectivity index (χ0) is 24.1. The summed E-state index contributed by atoms with van der Waals surface area (Å²) >= 11 is 1.35. The molecule has 1 aromatic carbocycles. The van der Waals surface area contributed by atoms with Gasteiger partial charge in [0.15, 0.2) is 5.17 Å². The van der Waals surface area contributed by atoms with Crippen LogP contribution in [0.3, 0.4) is 0 Å². The van der Waals surface area contributed by atoms with Gasteiger partial charge in [0.2, 0.25) is 5.91 Å². The van der Waals surface area contributed by atoms with Gasteiger partial charge in [-0.05, 0) is 42.2 Å².